The van der Waals surface area contributed by atoms with Crippen LogP contribution in [0.5, 0.6) is 11.5 Å². The number of hydrogen-bond acceptors (Lipinski definition) is 6. The third-order valence-corrected chi connectivity index (χ3v) is 2.79. The lowest BCUT2D eigenvalue weighted by molar-refractivity contribution is -0.286. The summed E-state index contributed by atoms with van der Waals surface area (Å²) in [5.74, 6) is 0.318. The summed E-state index contributed by atoms with van der Waals surface area (Å²) in [7, 11) is 0. The Morgan fingerprint density at radius 2 is 1.95 bits per heavy atom. The Morgan fingerprint density at radius 1 is 1.19 bits per heavy atom. The lowest BCUT2D eigenvalue weighted by Gasteiger charge is -2.06. The standard InChI is InChI=1S/C12H8F2N4O2S/c13-12(14)19-8-2-1-6(3-9(8)20-12)18-10-5-16-7(4-17-10)11(15)21/h1-5H,(H2,15,21)(H,17,18). The quantitative estimate of drug-likeness (QED) is 0.841. The number of ether oxygens (including phenoxy) is 2. The van der Waals surface area contributed by atoms with E-state index in [1.165, 1.54) is 24.5 Å². The third-order valence-electron chi connectivity index (χ3n) is 2.58. The van der Waals surface area contributed by atoms with Gasteiger partial charge >= 0.3 is 6.29 Å². The van der Waals surface area contributed by atoms with Crippen molar-refractivity contribution in [3.63, 3.8) is 0 Å². The second-order valence-electron chi connectivity index (χ2n) is 4.11. The molecule has 108 valence electrons. The van der Waals surface area contributed by atoms with Crippen molar-refractivity contribution >= 4 is 28.7 Å². The predicted molar refractivity (Wildman–Crippen MR) is 73.8 cm³/mol. The van der Waals surface area contributed by atoms with Crippen molar-refractivity contribution in [1.29, 1.82) is 0 Å². The molecule has 1 aromatic carbocycles. The number of alkyl halides is 2. The lowest BCUT2D eigenvalue weighted by atomic mass is 10.3. The fourth-order valence-electron chi connectivity index (χ4n) is 1.69. The van der Waals surface area contributed by atoms with E-state index < -0.39 is 6.29 Å². The number of rotatable bonds is 3. The van der Waals surface area contributed by atoms with Crippen molar-refractivity contribution in [1.82, 2.24) is 9.97 Å². The zero-order valence-electron chi connectivity index (χ0n) is 10.3. The summed E-state index contributed by atoms with van der Waals surface area (Å²) in [6.45, 7) is 0. The van der Waals surface area contributed by atoms with Gasteiger partial charge in [-0.15, -0.1) is 8.78 Å². The monoisotopic (exact) mass is 310 g/mol. The molecule has 0 saturated carbocycles. The van der Waals surface area contributed by atoms with Crippen LogP contribution in [-0.2, 0) is 0 Å². The Kier molecular flexibility index (Phi) is 3.05. The van der Waals surface area contributed by atoms with Crippen LogP contribution in [0.1, 0.15) is 5.69 Å². The number of anilines is 2. The Hall–Kier alpha value is -2.55. The summed E-state index contributed by atoms with van der Waals surface area (Å²) in [6.07, 6.45) is -0.807. The third kappa shape index (κ3) is 2.82. The molecular formula is C12H8F2N4O2S. The van der Waals surface area contributed by atoms with E-state index in [2.05, 4.69) is 24.8 Å². The number of nitrogens with two attached hydrogens (primary N) is 1. The lowest BCUT2D eigenvalue weighted by Crippen LogP contribution is -2.25. The van der Waals surface area contributed by atoms with Crippen molar-refractivity contribution in [2.75, 3.05) is 5.32 Å². The second kappa shape index (κ2) is 4.77. The van der Waals surface area contributed by atoms with Crippen LogP contribution in [0.4, 0.5) is 20.3 Å². The first kappa shape index (κ1) is 13.4. The summed E-state index contributed by atoms with van der Waals surface area (Å²) in [5, 5.41) is 2.89. The van der Waals surface area contributed by atoms with Gasteiger partial charge in [0.25, 0.3) is 0 Å². The topological polar surface area (TPSA) is 82.3 Å². The molecule has 0 fully saturated rings. The normalized spacial score (nSPS) is 14.8. The number of thiocarbonyl (C=S) groups is 1. The van der Waals surface area contributed by atoms with Gasteiger partial charge in [0, 0.05) is 11.8 Å². The molecule has 9 heteroatoms. The number of hydrogen-bond donors (Lipinski definition) is 2. The first-order chi connectivity index (χ1) is 9.93. The molecule has 21 heavy (non-hydrogen) atoms. The maximum absolute atomic E-state index is 12.9. The fraction of sp³-hybridized carbons (Fsp3) is 0.0833. The highest BCUT2D eigenvalue weighted by atomic mass is 32.1. The van der Waals surface area contributed by atoms with Crippen molar-refractivity contribution in [2.24, 2.45) is 5.73 Å². The molecule has 1 aromatic heterocycles. The van der Waals surface area contributed by atoms with Crippen molar-refractivity contribution < 1.29 is 18.3 Å². The first-order valence-corrected chi connectivity index (χ1v) is 6.12. The number of aromatic nitrogens is 2. The molecule has 2 aromatic rings. The van der Waals surface area contributed by atoms with Crippen molar-refractivity contribution in [3.05, 3.63) is 36.3 Å². The van der Waals surface area contributed by atoms with Gasteiger partial charge in [-0.2, -0.15) is 0 Å². The average molecular weight is 310 g/mol. The van der Waals surface area contributed by atoms with Gasteiger partial charge in [-0.1, -0.05) is 12.2 Å². The van der Waals surface area contributed by atoms with Crippen LogP contribution in [-0.4, -0.2) is 21.3 Å². The maximum atomic E-state index is 12.9. The first-order valence-electron chi connectivity index (χ1n) is 5.72. The molecule has 3 N–H and O–H groups in total. The zero-order valence-corrected chi connectivity index (χ0v) is 11.2. The Balaban J connectivity index is 1.79. The zero-order chi connectivity index (χ0) is 15.0. The van der Waals surface area contributed by atoms with Gasteiger partial charge in [-0.3, -0.25) is 0 Å². The molecule has 2 heterocycles. The highest BCUT2D eigenvalue weighted by Gasteiger charge is 2.43. The van der Waals surface area contributed by atoms with Gasteiger partial charge in [-0.05, 0) is 12.1 Å². The Labute approximate surface area is 122 Å². The van der Waals surface area contributed by atoms with Crippen LogP contribution in [0, 0.1) is 0 Å². The molecule has 0 radical (unpaired) electrons. The van der Waals surface area contributed by atoms with Gasteiger partial charge in [0.1, 0.15) is 16.5 Å². The van der Waals surface area contributed by atoms with Crippen LogP contribution < -0.4 is 20.5 Å². The molecule has 0 aliphatic carbocycles. The number of halogens is 2. The number of benzene rings is 1. The minimum absolute atomic E-state index is 0.0273. The van der Waals surface area contributed by atoms with E-state index in [4.69, 9.17) is 18.0 Å². The largest absolute Gasteiger partial charge is 0.586 e. The smallest absolute Gasteiger partial charge is 0.395 e. The minimum atomic E-state index is -3.64. The molecule has 0 atom stereocenters. The van der Waals surface area contributed by atoms with Gasteiger partial charge in [0.2, 0.25) is 0 Å². The van der Waals surface area contributed by atoms with E-state index in [1.54, 1.807) is 6.07 Å². The SMILES string of the molecule is NC(=S)c1cnc(Nc2ccc3c(c2)OC(F)(F)O3)cn1. The van der Waals surface area contributed by atoms with E-state index in [9.17, 15) is 8.78 Å². The maximum Gasteiger partial charge on any atom is 0.586 e. The van der Waals surface area contributed by atoms with E-state index in [0.717, 1.165) is 0 Å². The molecule has 3 rings (SSSR count). The van der Waals surface area contributed by atoms with Crippen LogP contribution in [0.25, 0.3) is 0 Å². The molecule has 1 aliphatic heterocycles. The fourth-order valence-corrected chi connectivity index (χ4v) is 1.80. The van der Waals surface area contributed by atoms with Gasteiger partial charge in [0.05, 0.1) is 12.4 Å². The number of nitrogens with zero attached hydrogens (tertiary/aromatic N) is 2. The molecule has 0 amide bonds. The molecule has 0 unspecified atom stereocenters. The summed E-state index contributed by atoms with van der Waals surface area (Å²) in [4.78, 5) is 8.20. The molecule has 1 aliphatic rings. The Bertz CT molecular complexity index is 709. The van der Waals surface area contributed by atoms with Crippen LogP contribution in [0.15, 0.2) is 30.6 Å². The summed E-state index contributed by atoms with van der Waals surface area (Å²) in [5.41, 5.74) is 6.29. The van der Waals surface area contributed by atoms with Gasteiger partial charge < -0.3 is 20.5 Å². The molecule has 6 nitrogen and oxygen atoms in total. The number of fused-ring (bicyclic) bond motifs is 1. The molecule has 0 spiro atoms. The van der Waals surface area contributed by atoms with Crippen LogP contribution >= 0.6 is 12.2 Å². The van der Waals surface area contributed by atoms with Gasteiger partial charge in [-0.25, -0.2) is 9.97 Å². The summed E-state index contributed by atoms with van der Waals surface area (Å²) >= 11 is 4.76. The highest BCUT2D eigenvalue weighted by Crippen LogP contribution is 2.42. The van der Waals surface area contributed by atoms with E-state index in [-0.39, 0.29) is 16.5 Å². The molecule has 0 saturated heterocycles. The van der Waals surface area contributed by atoms with Crippen LogP contribution in [0.2, 0.25) is 0 Å². The second-order valence-corrected chi connectivity index (χ2v) is 4.54. The minimum Gasteiger partial charge on any atom is -0.395 e. The van der Waals surface area contributed by atoms with E-state index in [0.29, 0.717) is 17.2 Å². The van der Waals surface area contributed by atoms with Crippen molar-refractivity contribution in [2.45, 2.75) is 6.29 Å². The number of nitrogens with one attached hydrogen (secondary N) is 1. The van der Waals surface area contributed by atoms with Crippen LogP contribution in [0.3, 0.4) is 0 Å². The van der Waals surface area contributed by atoms with Crippen molar-refractivity contribution in [3.8, 4) is 11.5 Å². The van der Waals surface area contributed by atoms with E-state index in [1.807, 2.05) is 0 Å². The van der Waals surface area contributed by atoms with Gasteiger partial charge in [0.15, 0.2) is 11.5 Å². The predicted octanol–water partition coefficient (Wildman–Crippen LogP) is 2.18. The molecule has 0 bridgehead atoms. The average Bonchev–Trinajstić information content (AvgIpc) is 2.72. The highest BCUT2D eigenvalue weighted by molar-refractivity contribution is 7.80. The Morgan fingerprint density at radius 3 is 2.62 bits per heavy atom. The van der Waals surface area contributed by atoms with E-state index >= 15 is 0 Å². The summed E-state index contributed by atoms with van der Waals surface area (Å²) in [6, 6.07) is 4.29. The molecular weight excluding hydrogens is 302 g/mol. The summed E-state index contributed by atoms with van der Waals surface area (Å²) < 4.78 is 34.5.